The number of carbonyl (C=O) groups excluding carboxylic acids is 1. The fraction of sp³-hybridized carbons (Fsp3) is 0.654. The van der Waals surface area contributed by atoms with Crippen molar-refractivity contribution >= 4 is 11.9 Å². The number of ether oxygens (including phenoxy) is 1. The van der Waals surface area contributed by atoms with Crippen LogP contribution < -0.4 is 0 Å². The maximum absolute atomic E-state index is 13.0. The molecule has 2 heteroatoms. The van der Waals surface area contributed by atoms with Crippen LogP contribution in [0, 0.1) is 22.7 Å². The number of fused-ring (bicyclic) bond motifs is 2. The molecule has 1 aromatic carbocycles. The van der Waals surface area contributed by atoms with E-state index in [-0.39, 0.29) is 10.8 Å². The fourth-order valence-electron chi connectivity index (χ4n) is 5.23. The number of unbranched alkanes of at least 4 members (excludes halogenated alkanes) is 1. The second kappa shape index (κ2) is 8.53. The standard InChI is InChI=1S/C26H38O2/c1-6-8-9-19(7-2)17-28-18-21-12-10-20(11-13-21)16-22-23-14-15-26(5,24(22)27)25(23,3)4/h10-13,16,19,23H,6-9,14-15,17-18H2,1-5H3. The van der Waals surface area contributed by atoms with Crippen LogP contribution >= 0.6 is 0 Å². The first kappa shape index (κ1) is 21.3. The van der Waals surface area contributed by atoms with E-state index < -0.39 is 0 Å². The molecule has 2 aliphatic carbocycles. The van der Waals surface area contributed by atoms with Gasteiger partial charge < -0.3 is 4.74 Å². The summed E-state index contributed by atoms with van der Waals surface area (Å²) in [6, 6.07) is 8.55. The number of allylic oxidation sites excluding steroid dienone is 1. The lowest BCUT2D eigenvalue weighted by molar-refractivity contribution is -0.125. The molecular weight excluding hydrogens is 344 g/mol. The summed E-state index contributed by atoms with van der Waals surface area (Å²) in [6.07, 6.45) is 9.33. The van der Waals surface area contributed by atoms with E-state index in [1.807, 2.05) is 0 Å². The molecular formula is C26H38O2. The zero-order chi connectivity index (χ0) is 20.4. The Morgan fingerprint density at radius 2 is 1.89 bits per heavy atom. The van der Waals surface area contributed by atoms with Crippen molar-refractivity contribution < 1.29 is 9.53 Å². The molecule has 28 heavy (non-hydrogen) atoms. The summed E-state index contributed by atoms with van der Waals surface area (Å²) in [4.78, 5) is 13.0. The van der Waals surface area contributed by atoms with Gasteiger partial charge in [0, 0.05) is 12.0 Å². The Morgan fingerprint density at radius 3 is 2.46 bits per heavy atom. The van der Waals surface area contributed by atoms with Crippen LogP contribution in [0.4, 0.5) is 0 Å². The van der Waals surface area contributed by atoms with E-state index in [0.29, 0.717) is 24.2 Å². The zero-order valence-corrected chi connectivity index (χ0v) is 18.5. The molecule has 2 bridgehead atoms. The van der Waals surface area contributed by atoms with Crippen molar-refractivity contribution in [1.29, 1.82) is 0 Å². The molecule has 2 saturated carbocycles. The van der Waals surface area contributed by atoms with Crippen LogP contribution in [0.5, 0.6) is 0 Å². The second-order valence-electron chi connectivity index (χ2n) is 9.75. The predicted octanol–water partition coefficient (Wildman–Crippen LogP) is 6.83. The molecule has 2 aliphatic rings. The monoisotopic (exact) mass is 382 g/mol. The molecule has 2 fully saturated rings. The zero-order valence-electron chi connectivity index (χ0n) is 18.5. The van der Waals surface area contributed by atoms with Crippen molar-refractivity contribution in [3.05, 3.63) is 41.0 Å². The average Bonchev–Trinajstić information content (AvgIpc) is 2.99. The third-order valence-corrected chi connectivity index (χ3v) is 7.83. The molecule has 2 nitrogen and oxygen atoms in total. The van der Waals surface area contributed by atoms with Crippen LogP contribution in [-0.2, 0) is 16.1 Å². The Bertz CT molecular complexity index is 712. The van der Waals surface area contributed by atoms with Gasteiger partial charge in [0.15, 0.2) is 5.78 Å². The van der Waals surface area contributed by atoms with Crippen molar-refractivity contribution in [3.63, 3.8) is 0 Å². The van der Waals surface area contributed by atoms with E-state index in [1.165, 1.54) is 31.2 Å². The summed E-state index contributed by atoms with van der Waals surface area (Å²) < 4.78 is 5.97. The number of Topliss-reactive ketones (excluding diaryl/α,β-unsaturated/α-hetero) is 1. The average molecular weight is 383 g/mol. The Morgan fingerprint density at radius 1 is 1.18 bits per heavy atom. The van der Waals surface area contributed by atoms with Gasteiger partial charge in [-0.3, -0.25) is 4.79 Å². The Kier molecular flexibility index (Phi) is 6.49. The van der Waals surface area contributed by atoms with Gasteiger partial charge in [-0.2, -0.15) is 0 Å². The quantitative estimate of drug-likeness (QED) is 0.438. The van der Waals surface area contributed by atoms with Crippen molar-refractivity contribution in [2.24, 2.45) is 22.7 Å². The summed E-state index contributed by atoms with van der Waals surface area (Å²) in [5, 5.41) is 0. The Labute approximate surface area is 171 Å². The largest absolute Gasteiger partial charge is 0.376 e. The predicted molar refractivity (Wildman–Crippen MR) is 117 cm³/mol. The van der Waals surface area contributed by atoms with Gasteiger partial charge in [-0.15, -0.1) is 0 Å². The summed E-state index contributed by atoms with van der Waals surface area (Å²) in [5.74, 6) is 1.46. The van der Waals surface area contributed by atoms with Gasteiger partial charge in [0.2, 0.25) is 0 Å². The highest BCUT2D eigenvalue weighted by Crippen LogP contribution is 2.65. The molecule has 1 aromatic rings. The molecule has 0 spiro atoms. The van der Waals surface area contributed by atoms with E-state index in [0.717, 1.165) is 30.6 Å². The van der Waals surface area contributed by atoms with Gasteiger partial charge in [-0.25, -0.2) is 0 Å². The number of hydrogen-bond donors (Lipinski definition) is 0. The number of benzene rings is 1. The van der Waals surface area contributed by atoms with Crippen molar-refractivity contribution in [2.45, 2.75) is 79.8 Å². The highest BCUT2D eigenvalue weighted by molar-refractivity contribution is 6.07. The Balaban J connectivity index is 1.60. The minimum atomic E-state index is -0.176. The normalized spacial score (nSPS) is 28.2. The van der Waals surface area contributed by atoms with Gasteiger partial charge in [0.05, 0.1) is 6.61 Å². The molecule has 0 heterocycles. The molecule has 3 atom stereocenters. The van der Waals surface area contributed by atoms with Crippen LogP contribution in [0.1, 0.15) is 84.3 Å². The van der Waals surface area contributed by atoms with Gasteiger partial charge >= 0.3 is 0 Å². The highest BCUT2D eigenvalue weighted by Gasteiger charge is 2.63. The number of hydrogen-bond acceptors (Lipinski definition) is 2. The molecule has 0 radical (unpaired) electrons. The minimum absolute atomic E-state index is 0.0806. The third kappa shape index (κ3) is 3.85. The minimum Gasteiger partial charge on any atom is -0.376 e. The number of rotatable bonds is 9. The second-order valence-corrected chi connectivity index (χ2v) is 9.75. The first-order valence-electron chi connectivity index (χ1n) is 11.3. The smallest absolute Gasteiger partial charge is 0.165 e. The van der Waals surface area contributed by atoms with Crippen LogP contribution in [-0.4, -0.2) is 12.4 Å². The molecule has 0 aromatic heterocycles. The van der Waals surface area contributed by atoms with Crippen LogP contribution in [0.15, 0.2) is 29.8 Å². The summed E-state index contributed by atoms with van der Waals surface area (Å²) in [5.41, 5.74) is 3.29. The summed E-state index contributed by atoms with van der Waals surface area (Å²) in [6.45, 7) is 12.7. The maximum Gasteiger partial charge on any atom is 0.165 e. The lowest BCUT2D eigenvalue weighted by atomic mass is 9.70. The number of carbonyl (C=O) groups is 1. The van der Waals surface area contributed by atoms with Crippen molar-refractivity contribution in [2.75, 3.05) is 6.61 Å². The summed E-state index contributed by atoms with van der Waals surface area (Å²) >= 11 is 0. The van der Waals surface area contributed by atoms with Crippen LogP contribution in [0.25, 0.3) is 6.08 Å². The first-order chi connectivity index (χ1) is 13.3. The van der Waals surface area contributed by atoms with E-state index in [1.54, 1.807) is 0 Å². The van der Waals surface area contributed by atoms with Crippen LogP contribution in [0.3, 0.4) is 0 Å². The number of ketones is 1. The van der Waals surface area contributed by atoms with Crippen molar-refractivity contribution in [1.82, 2.24) is 0 Å². The third-order valence-electron chi connectivity index (χ3n) is 7.83. The molecule has 3 rings (SSSR count). The molecule has 3 unspecified atom stereocenters. The van der Waals surface area contributed by atoms with Gasteiger partial charge in [0.25, 0.3) is 0 Å². The van der Waals surface area contributed by atoms with E-state index in [9.17, 15) is 4.79 Å². The highest BCUT2D eigenvalue weighted by atomic mass is 16.5. The van der Waals surface area contributed by atoms with Gasteiger partial charge in [0.1, 0.15) is 0 Å². The molecule has 0 amide bonds. The first-order valence-corrected chi connectivity index (χ1v) is 11.3. The van der Waals surface area contributed by atoms with E-state index in [2.05, 4.69) is 65.0 Å². The van der Waals surface area contributed by atoms with Gasteiger partial charge in [-0.1, -0.05) is 78.1 Å². The Hall–Kier alpha value is -1.41. The van der Waals surface area contributed by atoms with Crippen LogP contribution in [0.2, 0.25) is 0 Å². The lowest BCUT2D eigenvalue weighted by Gasteiger charge is -2.31. The fourth-order valence-corrected chi connectivity index (χ4v) is 5.23. The van der Waals surface area contributed by atoms with Crippen molar-refractivity contribution in [3.8, 4) is 0 Å². The molecule has 0 saturated heterocycles. The maximum atomic E-state index is 13.0. The van der Waals surface area contributed by atoms with E-state index in [4.69, 9.17) is 4.74 Å². The lowest BCUT2D eigenvalue weighted by Crippen LogP contribution is -2.32. The topological polar surface area (TPSA) is 26.3 Å². The molecule has 154 valence electrons. The SMILES string of the molecule is CCCCC(CC)COCc1ccc(C=C2C(=O)C3(C)CCC2C3(C)C)cc1. The van der Waals surface area contributed by atoms with Gasteiger partial charge in [-0.05, 0) is 59.3 Å². The summed E-state index contributed by atoms with van der Waals surface area (Å²) in [7, 11) is 0. The molecule has 0 N–H and O–H groups in total. The molecule has 0 aliphatic heterocycles. The van der Waals surface area contributed by atoms with E-state index >= 15 is 0 Å².